The fourth-order valence-electron chi connectivity index (χ4n) is 2.42. The lowest BCUT2D eigenvalue weighted by Crippen LogP contribution is -3.14. The normalized spacial score (nSPS) is 38.8. The van der Waals surface area contributed by atoms with Crippen LogP contribution in [0.1, 0.15) is 32.1 Å². The summed E-state index contributed by atoms with van der Waals surface area (Å²) in [7, 11) is 0. The average molecular weight is 170 g/mol. The van der Waals surface area contributed by atoms with Crippen LogP contribution in [0.2, 0.25) is 0 Å². The molecule has 0 aromatic heterocycles. The molecule has 0 amide bonds. The van der Waals surface area contributed by atoms with Crippen molar-refractivity contribution in [2.75, 3.05) is 19.6 Å². The highest BCUT2D eigenvalue weighted by atomic mass is 16.5. The Morgan fingerprint density at radius 1 is 1.08 bits per heavy atom. The second-order valence-electron chi connectivity index (χ2n) is 3.97. The number of rotatable bonds is 0. The van der Waals surface area contributed by atoms with Gasteiger partial charge >= 0.3 is 0 Å². The summed E-state index contributed by atoms with van der Waals surface area (Å²) in [5, 5.41) is 12.0. The Morgan fingerprint density at radius 2 is 1.92 bits per heavy atom. The van der Waals surface area contributed by atoms with E-state index in [-0.39, 0.29) is 0 Å². The molecule has 2 unspecified atom stereocenters. The van der Waals surface area contributed by atoms with Crippen LogP contribution in [0.15, 0.2) is 0 Å². The zero-order valence-electron chi connectivity index (χ0n) is 7.59. The molecule has 0 bridgehead atoms. The maximum atomic E-state index is 11.5. The maximum Gasteiger partial charge on any atom is 0.143 e. The smallest absolute Gasteiger partial charge is 0.143 e. The van der Waals surface area contributed by atoms with E-state index in [0.717, 1.165) is 32.5 Å². The molecule has 0 radical (unpaired) electrons. The van der Waals surface area contributed by atoms with Crippen LogP contribution in [0.3, 0.4) is 0 Å². The highest BCUT2D eigenvalue weighted by molar-refractivity contribution is 4.70. The number of hydrogen-bond donors (Lipinski definition) is 1. The first-order valence-electron chi connectivity index (χ1n) is 5.15. The minimum Gasteiger partial charge on any atom is -0.633 e. The van der Waals surface area contributed by atoms with E-state index in [4.69, 9.17) is 0 Å². The Bertz CT molecular complexity index is 151. The molecule has 2 rings (SSSR count). The van der Waals surface area contributed by atoms with Crippen LogP contribution in [0, 0.1) is 5.21 Å². The third kappa shape index (κ3) is 1.63. The summed E-state index contributed by atoms with van der Waals surface area (Å²) in [6.07, 6.45) is 6.40. The number of fused-ring (bicyclic) bond motifs is 1. The Labute approximate surface area is 73.9 Å². The van der Waals surface area contributed by atoms with Crippen LogP contribution in [0.4, 0.5) is 0 Å². The number of nitrogens with one attached hydrogen (secondary N) is 1. The summed E-state index contributed by atoms with van der Waals surface area (Å²) < 4.78 is 0. The van der Waals surface area contributed by atoms with Gasteiger partial charge in [-0.05, 0) is 12.8 Å². The lowest BCUT2D eigenvalue weighted by molar-refractivity contribution is -0.896. The van der Waals surface area contributed by atoms with Crippen LogP contribution in [-0.2, 0) is 0 Å². The lowest BCUT2D eigenvalue weighted by atomic mass is 10.2. The van der Waals surface area contributed by atoms with Crippen molar-refractivity contribution in [3.8, 4) is 0 Å². The van der Waals surface area contributed by atoms with Crippen molar-refractivity contribution in [1.29, 1.82) is 0 Å². The summed E-state index contributed by atoms with van der Waals surface area (Å²) in [5.41, 5.74) is 0. The molecule has 3 nitrogen and oxygen atoms in total. The summed E-state index contributed by atoms with van der Waals surface area (Å²) in [6, 6.07) is 0. The molecule has 2 fully saturated rings. The van der Waals surface area contributed by atoms with E-state index < -0.39 is 0 Å². The average Bonchev–Trinajstić information content (AvgIpc) is 2.30. The highest BCUT2D eigenvalue weighted by Gasteiger charge is 2.28. The maximum absolute atomic E-state index is 11.5. The van der Waals surface area contributed by atoms with E-state index in [9.17, 15) is 5.21 Å². The third-order valence-corrected chi connectivity index (χ3v) is 3.10. The van der Waals surface area contributed by atoms with Crippen molar-refractivity contribution in [1.82, 2.24) is 4.90 Å². The van der Waals surface area contributed by atoms with Gasteiger partial charge < -0.3 is 10.3 Å². The van der Waals surface area contributed by atoms with E-state index in [1.54, 1.807) is 0 Å². The van der Waals surface area contributed by atoms with E-state index in [2.05, 4.69) is 4.90 Å². The lowest BCUT2D eigenvalue weighted by Gasteiger charge is -2.42. The van der Waals surface area contributed by atoms with Crippen molar-refractivity contribution in [3.63, 3.8) is 0 Å². The number of hydrogen-bond acceptors (Lipinski definition) is 2. The van der Waals surface area contributed by atoms with Crippen LogP contribution >= 0.6 is 0 Å². The molecule has 0 aliphatic carbocycles. The molecule has 1 N–H and O–H groups in total. The quantitative estimate of drug-likeness (QED) is 0.518. The highest BCUT2D eigenvalue weighted by Crippen LogP contribution is 2.14. The van der Waals surface area contributed by atoms with Crippen LogP contribution in [0.5, 0.6) is 0 Å². The van der Waals surface area contributed by atoms with Crippen molar-refractivity contribution in [3.05, 3.63) is 5.21 Å². The third-order valence-electron chi connectivity index (χ3n) is 3.10. The van der Waals surface area contributed by atoms with Crippen molar-refractivity contribution in [2.24, 2.45) is 0 Å². The van der Waals surface area contributed by atoms with Crippen LogP contribution < -0.4 is 5.06 Å². The largest absolute Gasteiger partial charge is 0.633 e. The second kappa shape index (κ2) is 3.73. The monoisotopic (exact) mass is 170 g/mol. The fourth-order valence-corrected chi connectivity index (χ4v) is 2.42. The number of nitrogens with zero attached hydrogens (tertiary/aromatic N) is 1. The van der Waals surface area contributed by atoms with Crippen LogP contribution in [0.25, 0.3) is 0 Å². The SMILES string of the molecule is [O-][NH+]1CCCN2CCCCCC21. The van der Waals surface area contributed by atoms with Crippen LogP contribution in [-0.4, -0.2) is 30.7 Å². The van der Waals surface area contributed by atoms with Gasteiger partial charge in [0.15, 0.2) is 0 Å². The molecule has 70 valence electrons. The van der Waals surface area contributed by atoms with Gasteiger partial charge in [0.2, 0.25) is 0 Å². The predicted octanol–water partition coefficient (Wildman–Crippen LogP) is -0.0251. The molecule has 0 saturated carbocycles. The Kier molecular flexibility index (Phi) is 2.63. The molecule has 2 aliphatic heterocycles. The standard InChI is InChI=1S/C9H18N2O/c12-11-8-4-7-10-6-3-1-2-5-9(10)11/h9,11H,1-8H2. The summed E-state index contributed by atoms with van der Waals surface area (Å²) in [4.78, 5) is 2.40. The van der Waals surface area contributed by atoms with Gasteiger partial charge in [0.1, 0.15) is 6.17 Å². The van der Waals surface area contributed by atoms with Gasteiger partial charge in [-0.1, -0.05) is 6.42 Å². The van der Waals surface area contributed by atoms with E-state index >= 15 is 0 Å². The summed E-state index contributed by atoms with van der Waals surface area (Å²) >= 11 is 0. The van der Waals surface area contributed by atoms with Gasteiger partial charge in [-0.25, -0.2) is 0 Å². The predicted molar refractivity (Wildman–Crippen MR) is 47.6 cm³/mol. The topological polar surface area (TPSA) is 30.7 Å². The molecule has 0 spiro atoms. The molecule has 0 aromatic carbocycles. The molecular weight excluding hydrogens is 152 g/mol. The van der Waals surface area contributed by atoms with Crippen molar-refractivity contribution < 1.29 is 5.06 Å². The Hall–Kier alpha value is -0.120. The van der Waals surface area contributed by atoms with E-state index in [1.807, 2.05) is 0 Å². The van der Waals surface area contributed by atoms with Gasteiger partial charge in [-0.3, -0.25) is 4.90 Å². The molecule has 2 heterocycles. The van der Waals surface area contributed by atoms with Gasteiger partial charge in [0, 0.05) is 25.9 Å². The summed E-state index contributed by atoms with van der Waals surface area (Å²) in [6.45, 7) is 3.16. The van der Waals surface area contributed by atoms with Gasteiger partial charge in [0.25, 0.3) is 0 Å². The molecule has 2 atom stereocenters. The van der Waals surface area contributed by atoms with Crippen molar-refractivity contribution in [2.45, 2.75) is 38.3 Å². The Morgan fingerprint density at radius 3 is 2.83 bits per heavy atom. The van der Waals surface area contributed by atoms with Gasteiger partial charge in [-0.2, -0.15) is 0 Å². The summed E-state index contributed by atoms with van der Waals surface area (Å²) in [5.74, 6) is 0. The molecule has 2 aliphatic rings. The fraction of sp³-hybridized carbons (Fsp3) is 1.00. The zero-order chi connectivity index (χ0) is 8.39. The molecule has 2 saturated heterocycles. The molecule has 3 heteroatoms. The molecule has 12 heavy (non-hydrogen) atoms. The molecular formula is C9H18N2O. The zero-order valence-corrected chi connectivity index (χ0v) is 7.59. The van der Waals surface area contributed by atoms with E-state index in [0.29, 0.717) is 11.2 Å². The minimum absolute atomic E-state index is 0.307. The minimum atomic E-state index is 0.307. The van der Waals surface area contributed by atoms with Gasteiger partial charge in [-0.15, -0.1) is 0 Å². The number of quaternary nitrogens is 1. The first kappa shape index (κ1) is 8.48. The first-order chi connectivity index (χ1) is 5.88. The molecule has 0 aromatic rings. The van der Waals surface area contributed by atoms with Crippen molar-refractivity contribution >= 4 is 0 Å². The van der Waals surface area contributed by atoms with E-state index in [1.165, 1.54) is 19.3 Å². The number of hydroxylamine groups is 2. The Balaban J connectivity index is 2.00. The van der Waals surface area contributed by atoms with Gasteiger partial charge in [0.05, 0.1) is 6.54 Å². The first-order valence-corrected chi connectivity index (χ1v) is 5.15. The second-order valence-corrected chi connectivity index (χ2v) is 3.97.